The predicted octanol–water partition coefficient (Wildman–Crippen LogP) is 5.10. The molecule has 0 bridgehead atoms. The van der Waals surface area contributed by atoms with Crippen molar-refractivity contribution in [2.45, 2.75) is 37.7 Å². The van der Waals surface area contributed by atoms with E-state index in [2.05, 4.69) is 0 Å². The summed E-state index contributed by atoms with van der Waals surface area (Å²) in [4.78, 5) is 0.614. The van der Waals surface area contributed by atoms with E-state index >= 15 is 0 Å². The van der Waals surface area contributed by atoms with E-state index in [1.807, 2.05) is 0 Å². The highest BCUT2D eigenvalue weighted by atomic mass is 35.5. The highest BCUT2D eigenvalue weighted by Crippen LogP contribution is 2.34. The Morgan fingerprint density at radius 3 is 2.54 bits per heavy atom. The molecule has 2 atom stereocenters. The van der Waals surface area contributed by atoms with E-state index in [4.69, 9.17) is 28.7 Å². The lowest BCUT2D eigenvalue weighted by Gasteiger charge is -2.32. The maximum Gasteiger partial charge on any atom is 0.115 e. The van der Waals surface area contributed by atoms with Crippen LogP contribution in [0, 0.1) is 0 Å². The number of benzene rings is 2. The van der Waals surface area contributed by atoms with E-state index < -0.39 is 43.8 Å². The first-order valence-corrected chi connectivity index (χ1v) is 8.06. The number of hydrogen-bond donors (Lipinski definition) is 0. The van der Waals surface area contributed by atoms with Crippen LogP contribution in [0.5, 0.6) is 0 Å². The van der Waals surface area contributed by atoms with Crippen LogP contribution >= 0.6 is 11.6 Å². The number of nitrogens with zero attached hydrogens (tertiary/aromatic N) is 1. The Morgan fingerprint density at radius 2 is 1.92 bits per heavy atom. The molecule has 1 aliphatic heterocycles. The lowest BCUT2D eigenvalue weighted by atomic mass is 9.88. The summed E-state index contributed by atoms with van der Waals surface area (Å²) >= 11 is 6.02. The first kappa shape index (κ1) is 9.38. The Bertz CT molecular complexity index is 1000. The highest BCUT2D eigenvalue weighted by Gasteiger charge is 2.30. The molecule has 0 saturated carbocycles. The molecular weight excluding hydrogens is 318 g/mol. The molecule has 0 radical (unpaired) electrons. The van der Waals surface area contributed by atoms with Crippen LogP contribution in [0.15, 0.2) is 54.6 Å². The topological polar surface area (TPSA) is 12.5 Å². The number of rotatable bonds is 6. The van der Waals surface area contributed by atoms with Crippen molar-refractivity contribution in [1.29, 1.82) is 0 Å². The molecular formula is C21H26ClNO. The van der Waals surface area contributed by atoms with Gasteiger partial charge in [0, 0.05) is 27.2 Å². The largest absolute Gasteiger partial charge is 0.366 e. The molecule has 0 aromatic heterocycles. The van der Waals surface area contributed by atoms with Gasteiger partial charge in [-0.15, -0.1) is 0 Å². The van der Waals surface area contributed by atoms with Gasteiger partial charge in [-0.25, -0.2) is 0 Å². The van der Waals surface area contributed by atoms with E-state index in [1.165, 1.54) is 0 Å². The summed E-state index contributed by atoms with van der Waals surface area (Å²) in [5.74, 6) is 0. The third-order valence-corrected chi connectivity index (χ3v) is 4.32. The van der Waals surface area contributed by atoms with Crippen molar-refractivity contribution in [2.24, 2.45) is 0 Å². The van der Waals surface area contributed by atoms with Crippen molar-refractivity contribution in [3.05, 3.63) is 70.7 Å². The third-order valence-electron chi connectivity index (χ3n) is 4.07. The maximum atomic E-state index is 8.73. The quantitative estimate of drug-likeness (QED) is 0.716. The fourth-order valence-electron chi connectivity index (χ4n) is 2.56. The normalized spacial score (nSPS) is 36.4. The van der Waals surface area contributed by atoms with E-state index in [0.29, 0.717) is 21.0 Å². The number of likely N-dealkylation sites (tertiary alicyclic amines) is 1. The van der Waals surface area contributed by atoms with Crippen LogP contribution in [0.25, 0.3) is 0 Å². The van der Waals surface area contributed by atoms with Gasteiger partial charge in [-0.3, -0.25) is 0 Å². The lowest BCUT2D eigenvalue weighted by Crippen LogP contribution is -2.31. The molecule has 3 rings (SSSR count). The Labute approximate surface area is 163 Å². The second kappa shape index (κ2) is 7.69. The van der Waals surface area contributed by atoms with Crippen molar-refractivity contribution >= 4 is 11.6 Å². The summed E-state index contributed by atoms with van der Waals surface area (Å²) in [5, 5.41) is 0.479. The van der Waals surface area contributed by atoms with Crippen LogP contribution in [0.1, 0.15) is 49.6 Å². The van der Waals surface area contributed by atoms with Gasteiger partial charge in [0.25, 0.3) is 0 Å². The molecule has 0 amide bonds. The van der Waals surface area contributed by atoms with Gasteiger partial charge in [0.2, 0.25) is 0 Å². The standard InChI is InChI=1S/C21H26ClNO/c1-21(17-7-4-3-5-8-17,18-10-12-19(22)13-11-18)24-16-14-20-9-6-15-23(20)2/h3-5,7-8,10-13,20H,6,9,14-16H2,1-2H3/t20-,21-/m1/s1/i6D2,9D2,15D2,16D2,20D. The van der Waals surface area contributed by atoms with Crippen molar-refractivity contribution in [3.8, 4) is 0 Å². The number of ether oxygens (including phenoxy) is 1. The van der Waals surface area contributed by atoms with E-state index in [-0.39, 0.29) is 0 Å². The summed E-state index contributed by atoms with van der Waals surface area (Å²) in [7, 11) is 1.08. The maximum absolute atomic E-state index is 8.73. The van der Waals surface area contributed by atoms with Crippen molar-refractivity contribution < 1.29 is 17.1 Å². The summed E-state index contributed by atoms with van der Waals surface area (Å²) < 4.78 is 80.7. The Kier molecular flexibility index (Phi) is 3.00. The molecule has 2 nitrogen and oxygen atoms in total. The smallest absolute Gasteiger partial charge is 0.115 e. The van der Waals surface area contributed by atoms with Gasteiger partial charge >= 0.3 is 0 Å². The van der Waals surface area contributed by atoms with Crippen LogP contribution in [-0.2, 0) is 10.3 Å². The molecule has 2 aromatic rings. The molecule has 0 N–H and O–H groups in total. The van der Waals surface area contributed by atoms with E-state index in [0.717, 1.165) is 7.05 Å². The van der Waals surface area contributed by atoms with Gasteiger partial charge in [-0.1, -0.05) is 54.1 Å². The van der Waals surface area contributed by atoms with Crippen molar-refractivity contribution in [3.63, 3.8) is 0 Å². The zero-order valence-electron chi connectivity index (χ0n) is 22.6. The Balaban J connectivity index is 2.05. The zero-order chi connectivity index (χ0) is 25.1. The third kappa shape index (κ3) is 3.83. The second-order valence-corrected chi connectivity index (χ2v) is 6.13. The van der Waals surface area contributed by atoms with Gasteiger partial charge in [-0.05, 0) is 62.9 Å². The molecule has 0 aliphatic carbocycles. The predicted molar refractivity (Wildman–Crippen MR) is 101 cm³/mol. The first-order chi connectivity index (χ1) is 14.9. The molecule has 24 heavy (non-hydrogen) atoms. The summed E-state index contributed by atoms with van der Waals surface area (Å²) in [6.45, 7) is -3.84. The van der Waals surface area contributed by atoms with Crippen molar-refractivity contribution in [1.82, 2.24) is 4.90 Å². The Morgan fingerprint density at radius 1 is 1.25 bits per heavy atom. The molecule has 0 unspecified atom stereocenters. The van der Waals surface area contributed by atoms with Crippen LogP contribution in [0.2, 0.25) is 5.02 Å². The molecule has 1 fully saturated rings. The van der Waals surface area contributed by atoms with E-state index in [1.54, 1.807) is 61.5 Å². The van der Waals surface area contributed by atoms with Gasteiger partial charge in [-0.2, -0.15) is 0 Å². The SMILES string of the molecule is [2H]C([2H])(C[C@]1([2H])N(C)C([2H])([2H])C([2H])([2H])C1([2H])[2H])O[C@](C)(c1ccccc1)c1ccc(Cl)cc1. The second-order valence-electron chi connectivity index (χ2n) is 5.70. The molecule has 128 valence electrons. The minimum atomic E-state index is -3.06. The zero-order valence-corrected chi connectivity index (χ0v) is 14.4. The van der Waals surface area contributed by atoms with E-state index in [9.17, 15) is 0 Å². The minimum absolute atomic E-state index is 0.479. The summed E-state index contributed by atoms with van der Waals surface area (Å²) in [6.07, 6.45) is -7.05. The molecule has 1 heterocycles. The fraction of sp³-hybridized carbons (Fsp3) is 0.429. The Hall–Kier alpha value is -1.35. The van der Waals surface area contributed by atoms with Gasteiger partial charge in [0.15, 0.2) is 0 Å². The molecule has 1 aliphatic rings. The first-order valence-electron chi connectivity index (χ1n) is 12.2. The number of halogens is 1. The lowest BCUT2D eigenvalue weighted by molar-refractivity contribution is -0.0117. The van der Waals surface area contributed by atoms with Gasteiger partial charge < -0.3 is 9.64 Å². The summed E-state index contributed by atoms with van der Waals surface area (Å²) in [6, 6.07) is 12.9. The van der Waals surface area contributed by atoms with Crippen molar-refractivity contribution in [2.75, 3.05) is 20.1 Å². The van der Waals surface area contributed by atoms with Crippen LogP contribution < -0.4 is 0 Å². The van der Waals surface area contributed by atoms with Gasteiger partial charge in [0.05, 0.1) is 2.74 Å². The van der Waals surface area contributed by atoms with Crippen LogP contribution in [0.3, 0.4) is 0 Å². The average molecular weight is 353 g/mol. The molecule has 3 heteroatoms. The number of hydrogen-bond acceptors (Lipinski definition) is 2. The molecule has 0 spiro atoms. The average Bonchev–Trinajstić information content (AvgIpc) is 2.78. The molecule has 1 saturated heterocycles. The van der Waals surface area contributed by atoms with Crippen LogP contribution in [-0.4, -0.2) is 31.0 Å². The minimum Gasteiger partial charge on any atom is -0.366 e. The highest BCUT2D eigenvalue weighted by molar-refractivity contribution is 6.30. The van der Waals surface area contributed by atoms with Crippen LogP contribution in [0.4, 0.5) is 0 Å². The molecule has 2 aromatic carbocycles. The monoisotopic (exact) mass is 352 g/mol. The van der Waals surface area contributed by atoms with Gasteiger partial charge in [0.1, 0.15) is 5.60 Å². The summed E-state index contributed by atoms with van der Waals surface area (Å²) in [5.41, 5.74) is -0.202. The fourth-order valence-corrected chi connectivity index (χ4v) is 2.68.